The summed E-state index contributed by atoms with van der Waals surface area (Å²) in [6, 6.07) is 3.16. The standard InChI is InChI=1S/C14H17F3N2O2S/c15-9-3-4-12(22-8-13(16)17)11(6-9)18-14(21)19-5-1-2-10(20)7-19/h3-4,6,10,13,20H,1-2,5,7-8H2,(H,18,21). The number of nitrogens with one attached hydrogen (secondary N) is 1. The molecule has 1 fully saturated rings. The number of amides is 2. The van der Waals surface area contributed by atoms with E-state index in [2.05, 4.69) is 5.32 Å². The number of nitrogens with zero attached hydrogens (tertiary/aromatic N) is 1. The summed E-state index contributed by atoms with van der Waals surface area (Å²) < 4.78 is 38.0. The van der Waals surface area contributed by atoms with Crippen molar-refractivity contribution in [2.75, 3.05) is 24.2 Å². The number of β-amino-alcohol motifs (C(OH)–C–C–N with tert-alkyl or cyclic N) is 1. The number of urea groups is 1. The fraction of sp³-hybridized carbons (Fsp3) is 0.500. The molecule has 0 saturated carbocycles. The molecule has 1 aromatic rings. The molecule has 1 heterocycles. The molecule has 0 radical (unpaired) electrons. The first-order valence-corrected chi connectivity index (χ1v) is 7.88. The van der Waals surface area contributed by atoms with Gasteiger partial charge in [0.25, 0.3) is 0 Å². The number of aliphatic hydroxyl groups is 1. The van der Waals surface area contributed by atoms with Gasteiger partial charge in [0, 0.05) is 18.0 Å². The minimum Gasteiger partial charge on any atom is -0.391 e. The molecule has 1 unspecified atom stereocenters. The third kappa shape index (κ3) is 4.81. The van der Waals surface area contributed by atoms with Crippen LogP contribution in [0.5, 0.6) is 0 Å². The van der Waals surface area contributed by atoms with Crippen molar-refractivity contribution in [2.24, 2.45) is 0 Å². The number of anilines is 1. The van der Waals surface area contributed by atoms with E-state index in [-0.39, 0.29) is 12.2 Å². The highest BCUT2D eigenvalue weighted by Crippen LogP contribution is 2.29. The summed E-state index contributed by atoms with van der Waals surface area (Å²) >= 11 is 0.854. The third-order valence-electron chi connectivity index (χ3n) is 3.23. The number of aliphatic hydroxyl groups excluding tert-OH is 1. The molecule has 4 nitrogen and oxygen atoms in total. The molecule has 22 heavy (non-hydrogen) atoms. The van der Waals surface area contributed by atoms with Crippen molar-refractivity contribution in [3.63, 3.8) is 0 Å². The van der Waals surface area contributed by atoms with Crippen molar-refractivity contribution in [2.45, 2.75) is 30.3 Å². The molecule has 0 spiro atoms. The number of carbonyl (C=O) groups excluding carboxylic acids is 1. The van der Waals surface area contributed by atoms with Crippen LogP contribution in [0.15, 0.2) is 23.1 Å². The second kappa shape index (κ2) is 7.73. The molecule has 2 amide bonds. The van der Waals surface area contributed by atoms with Gasteiger partial charge in [-0.25, -0.2) is 18.0 Å². The highest BCUT2D eigenvalue weighted by atomic mass is 32.2. The van der Waals surface area contributed by atoms with Gasteiger partial charge in [-0.2, -0.15) is 0 Å². The SMILES string of the molecule is O=C(Nc1cc(F)ccc1SCC(F)F)N1CCCC(O)C1. The molecule has 122 valence electrons. The van der Waals surface area contributed by atoms with Gasteiger partial charge in [0.05, 0.1) is 17.5 Å². The molecule has 1 atom stereocenters. The lowest BCUT2D eigenvalue weighted by Crippen LogP contribution is -2.44. The average molecular weight is 334 g/mol. The predicted octanol–water partition coefficient (Wildman–Crippen LogP) is 3.17. The molecule has 1 aromatic carbocycles. The molecule has 2 rings (SSSR count). The molecule has 0 aliphatic carbocycles. The summed E-state index contributed by atoms with van der Waals surface area (Å²) in [6.45, 7) is 0.707. The van der Waals surface area contributed by atoms with E-state index in [1.165, 1.54) is 11.0 Å². The molecule has 8 heteroatoms. The van der Waals surface area contributed by atoms with Crippen LogP contribution in [-0.4, -0.2) is 47.4 Å². The second-order valence-corrected chi connectivity index (χ2v) is 6.08. The van der Waals surface area contributed by atoms with Crippen LogP contribution in [-0.2, 0) is 0 Å². The lowest BCUT2D eigenvalue weighted by atomic mass is 10.1. The van der Waals surface area contributed by atoms with Gasteiger partial charge in [-0.1, -0.05) is 0 Å². The first-order valence-electron chi connectivity index (χ1n) is 6.90. The van der Waals surface area contributed by atoms with E-state index in [1.807, 2.05) is 0 Å². The van der Waals surface area contributed by atoms with Crippen molar-refractivity contribution < 1.29 is 23.1 Å². The Kier molecular flexibility index (Phi) is 5.96. The first-order chi connectivity index (χ1) is 10.5. The number of halogens is 3. The maximum Gasteiger partial charge on any atom is 0.321 e. The third-order valence-corrected chi connectivity index (χ3v) is 4.32. The lowest BCUT2D eigenvalue weighted by molar-refractivity contribution is 0.0883. The number of rotatable bonds is 4. The Bertz CT molecular complexity index is 531. The lowest BCUT2D eigenvalue weighted by Gasteiger charge is -2.30. The highest BCUT2D eigenvalue weighted by molar-refractivity contribution is 7.99. The average Bonchev–Trinajstić information content (AvgIpc) is 2.46. The number of hydrogen-bond acceptors (Lipinski definition) is 3. The smallest absolute Gasteiger partial charge is 0.321 e. The van der Waals surface area contributed by atoms with Crippen LogP contribution in [0.25, 0.3) is 0 Å². The Labute approximate surface area is 130 Å². The van der Waals surface area contributed by atoms with Crippen LogP contribution in [0.3, 0.4) is 0 Å². The summed E-state index contributed by atoms with van der Waals surface area (Å²) in [4.78, 5) is 14.0. The molecular formula is C14H17F3N2O2S. The number of hydrogen-bond donors (Lipinski definition) is 2. The summed E-state index contributed by atoms with van der Waals surface area (Å²) in [5.41, 5.74) is 0.163. The van der Waals surface area contributed by atoms with Crippen LogP contribution >= 0.6 is 11.8 Å². The number of thioether (sulfide) groups is 1. The summed E-state index contributed by atoms with van der Waals surface area (Å²) in [6.07, 6.45) is -1.74. The van der Waals surface area contributed by atoms with Gasteiger partial charge >= 0.3 is 6.03 Å². The predicted molar refractivity (Wildman–Crippen MR) is 79.0 cm³/mol. The fourth-order valence-electron chi connectivity index (χ4n) is 2.21. The molecule has 0 bridgehead atoms. The topological polar surface area (TPSA) is 52.6 Å². The molecule has 1 saturated heterocycles. The maximum absolute atomic E-state index is 13.3. The molecular weight excluding hydrogens is 317 g/mol. The number of benzene rings is 1. The number of likely N-dealkylation sites (tertiary alicyclic amines) is 1. The summed E-state index contributed by atoms with van der Waals surface area (Å²) in [5.74, 6) is -0.993. The Balaban J connectivity index is 2.06. The van der Waals surface area contributed by atoms with Gasteiger partial charge in [0.2, 0.25) is 6.43 Å². The van der Waals surface area contributed by atoms with E-state index < -0.39 is 30.1 Å². The van der Waals surface area contributed by atoms with Crippen LogP contribution < -0.4 is 5.32 Å². The second-order valence-electron chi connectivity index (χ2n) is 5.01. The quantitative estimate of drug-likeness (QED) is 0.832. The van der Waals surface area contributed by atoms with Gasteiger partial charge in [0.1, 0.15) is 5.82 Å². The van der Waals surface area contributed by atoms with Gasteiger partial charge < -0.3 is 15.3 Å². The van der Waals surface area contributed by atoms with Crippen molar-refractivity contribution >= 4 is 23.5 Å². The van der Waals surface area contributed by atoms with E-state index in [0.717, 1.165) is 23.9 Å². The zero-order chi connectivity index (χ0) is 16.1. The number of piperidine rings is 1. The zero-order valence-electron chi connectivity index (χ0n) is 11.8. The van der Waals surface area contributed by atoms with Crippen LogP contribution in [0, 0.1) is 5.82 Å². The maximum atomic E-state index is 13.3. The first kappa shape index (κ1) is 17.0. The van der Waals surface area contributed by atoms with E-state index in [0.29, 0.717) is 24.3 Å². The molecule has 0 aromatic heterocycles. The van der Waals surface area contributed by atoms with Crippen LogP contribution in [0.4, 0.5) is 23.7 Å². The van der Waals surface area contributed by atoms with Crippen molar-refractivity contribution in [1.82, 2.24) is 4.90 Å². The van der Waals surface area contributed by atoms with Crippen LogP contribution in [0.1, 0.15) is 12.8 Å². The van der Waals surface area contributed by atoms with E-state index >= 15 is 0 Å². The van der Waals surface area contributed by atoms with Gasteiger partial charge in [-0.05, 0) is 31.0 Å². The molecule has 1 aliphatic heterocycles. The fourth-order valence-corrected chi connectivity index (χ4v) is 2.95. The van der Waals surface area contributed by atoms with Crippen molar-refractivity contribution in [3.05, 3.63) is 24.0 Å². The van der Waals surface area contributed by atoms with Crippen molar-refractivity contribution in [1.29, 1.82) is 0 Å². The normalized spacial score (nSPS) is 18.6. The number of alkyl halides is 2. The molecule has 2 N–H and O–H groups in total. The summed E-state index contributed by atoms with van der Waals surface area (Å²) in [7, 11) is 0. The van der Waals surface area contributed by atoms with Gasteiger partial charge in [0.15, 0.2) is 0 Å². The summed E-state index contributed by atoms with van der Waals surface area (Å²) in [5, 5.41) is 12.1. The van der Waals surface area contributed by atoms with Crippen molar-refractivity contribution in [3.8, 4) is 0 Å². The Morgan fingerprint density at radius 1 is 1.50 bits per heavy atom. The van der Waals surface area contributed by atoms with E-state index in [9.17, 15) is 23.1 Å². The number of carbonyl (C=O) groups is 1. The van der Waals surface area contributed by atoms with Crippen LogP contribution in [0.2, 0.25) is 0 Å². The van der Waals surface area contributed by atoms with Gasteiger partial charge in [-0.15, -0.1) is 11.8 Å². The Hall–Kier alpha value is -1.41. The highest BCUT2D eigenvalue weighted by Gasteiger charge is 2.22. The Morgan fingerprint density at radius 2 is 2.27 bits per heavy atom. The molecule has 1 aliphatic rings. The minimum absolute atomic E-state index is 0.163. The van der Waals surface area contributed by atoms with E-state index in [4.69, 9.17) is 0 Å². The Morgan fingerprint density at radius 3 is 2.95 bits per heavy atom. The zero-order valence-corrected chi connectivity index (χ0v) is 12.6. The largest absolute Gasteiger partial charge is 0.391 e. The van der Waals surface area contributed by atoms with Gasteiger partial charge in [-0.3, -0.25) is 0 Å². The van der Waals surface area contributed by atoms with E-state index in [1.54, 1.807) is 0 Å². The minimum atomic E-state index is -2.49. The monoisotopic (exact) mass is 334 g/mol.